The second-order valence-electron chi connectivity index (χ2n) is 6.13. The van der Waals surface area contributed by atoms with Crippen LogP contribution in [0.15, 0.2) is 30.3 Å². The van der Waals surface area contributed by atoms with Gasteiger partial charge in [0.2, 0.25) is 0 Å². The van der Waals surface area contributed by atoms with Gasteiger partial charge in [-0.15, -0.1) is 11.3 Å². The minimum atomic E-state index is -0.934. The van der Waals surface area contributed by atoms with Crippen LogP contribution in [0.4, 0.5) is 11.4 Å². The van der Waals surface area contributed by atoms with E-state index in [1.807, 2.05) is 30.3 Å². The van der Waals surface area contributed by atoms with Gasteiger partial charge in [0.1, 0.15) is 10.4 Å². The van der Waals surface area contributed by atoms with Gasteiger partial charge >= 0.3 is 5.97 Å². The molecular weight excluding hydrogens is 320 g/mol. The Morgan fingerprint density at radius 1 is 1.21 bits per heavy atom. The van der Waals surface area contributed by atoms with Crippen molar-refractivity contribution in [1.29, 1.82) is 0 Å². The quantitative estimate of drug-likeness (QED) is 0.711. The minimum absolute atomic E-state index is 0.275. The van der Waals surface area contributed by atoms with Crippen molar-refractivity contribution in [3.8, 4) is 0 Å². The summed E-state index contributed by atoms with van der Waals surface area (Å²) < 4.78 is 0. The number of para-hydroxylation sites is 1. The van der Waals surface area contributed by atoms with Gasteiger partial charge in [-0.1, -0.05) is 18.2 Å². The van der Waals surface area contributed by atoms with E-state index in [1.54, 1.807) is 18.3 Å². The lowest BCUT2D eigenvalue weighted by molar-refractivity contribution is 0.0697. The Bertz CT molecular complexity index is 932. The Labute approximate surface area is 144 Å². The van der Waals surface area contributed by atoms with E-state index >= 15 is 0 Å². The number of hydrogen-bond donors (Lipinski definition) is 2. The zero-order valence-corrected chi connectivity index (χ0v) is 14.2. The van der Waals surface area contributed by atoms with Gasteiger partial charge in [-0.25, -0.2) is 9.78 Å². The summed E-state index contributed by atoms with van der Waals surface area (Å²) in [6.07, 6.45) is 4.43. The number of fused-ring (bicyclic) bond motifs is 3. The van der Waals surface area contributed by atoms with Gasteiger partial charge in [-0.05, 0) is 50.3 Å². The number of nitrogens with zero attached hydrogens (tertiary/aromatic N) is 1. The first-order valence-electron chi connectivity index (χ1n) is 8.15. The van der Waals surface area contributed by atoms with Crippen molar-refractivity contribution >= 4 is 38.9 Å². The molecule has 0 bridgehead atoms. The Kier molecular flexibility index (Phi) is 3.73. The molecule has 0 fully saturated rings. The zero-order valence-electron chi connectivity index (χ0n) is 13.4. The van der Waals surface area contributed by atoms with Crippen LogP contribution in [0.25, 0.3) is 10.2 Å². The predicted octanol–water partition coefficient (Wildman–Crippen LogP) is 4.93. The molecular formula is C19H18N2O2S. The predicted molar refractivity (Wildman–Crippen MR) is 97.7 cm³/mol. The first kappa shape index (κ1) is 15.1. The first-order chi connectivity index (χ1) is 11.6. The van der Waals surface area contributed by atoms with Crippen LogP contribution in [0.5, 0.6) is 0 Å². The van der Waals surface area contributed by atoms with E-state index in [0.717, 1.165) is 35.2 Å². The topological polar surface area (TPSA) is 62.2 Å². The molecule has 4 rings (SSSR count). The molecule has 1 aromatic carbocycles. The van der Waals surface area contributed by atoms with Crippen molar-refractivity contribution in [1.82, 2.24) is 4.98 Å². The monoisotopic (exact) mass is 338 g/mol. The number of aryl methyl sites for hydroxylation is 3. The first-order valence-corrected chi connectivity index (χ1v) is 8.97. The normalized spacial score (nSPS) is 13.7. The van der Waals surface area contributed by atoms with E-state index in [9.17, 15) is 9.90 Å². The van der Waals surface area contributed by atoms with Gasteiger partial charge in [-0.2, -0.15) is 0 Å². The number of carbonyl (C=O) groups is 1. The molecule has 0 unspecified atom stereocenters. The summed E-state index contributed by atoms with van der Waals surface area (Å²) in [5, 5.41) is 14.1. The van der Waals surface area contributed by atoms with Gasteiger partial charge in [0.25, 0.3) is 0 Å². The van der Waals surface area contributed by atoms with E-state index in [-0.39, 0.29) is 5.56 Å². The smallest absolute Gasteiger partial charge is 0.339 e. The maximum absolute atomic E-state index is 11.9. The molecule has 24 heavy (non-hydrogen) atoms. The molecule has 122 valence electrons. The number of carboxylic acid groups (broad SMARTS) is 1. The van der Waals surface area contributed by atoms with Gasteiger partial charge < -0.3 is 10.4 Å². The third kappa shape index (κ3) is 2.45. The highest BCUT2D eigenvalue weighted by Gasteiger charge is 2.25. The molecule has 0 saturated heterocycles. The number of nitrogens with one attached hydrogen (secondary N) is 1. The minimum Gasteiger partial charge on any atom is -0.478 e. The summed E-state index contributed by atoms with van der Waals surface area (Å²) in [7, 11) is 0. The molecule has 0 spiro atoms. The average Bonchev–Trinajstić information content (AvgIpc) is 2.93. The molecule has 0 aliphatic heterocycles. The van der Waals surface area contributed by atoms with Crippen LogP contribution in [-0.4, -0.2) is 16.1 Å². The summed E-state index contributed by atoms with van der Waals surface area (Å²) in [5.41, 5.74) is 3.71. The summed E-state index contributed by atoms with van der Waals surface area (Å²) >= 11 is 1.71. The zero-order chi connectivity index (χ0) is 16.7. The van der Waals surface area contributed by atoms with Crippen LogP contribution in [-0.2, 0) is 12.8 Å². The highest BCUT2D eigenvalue weighted by atomic mass is 32.1. The Morgan fingerprint density at radius 2 is 1.96 bits per heavy atom. The molecule has 3 aromatic rings. The molecule has 2 heterocycles. The van der Waals surface area contributed by atoms with Crippen molar-refractivity contribution < 1.29 is 9.90 Å². The summed E-state index contributed by atoms with van der Waals surface area (Å²) in [6, 6.07) is 9.73. The van der Waals surface area contributed by atoms with Crippen molar-refractivity contribution in [3.63, 3.8) is 0 Å². The van der Waals surface area contributed by atoms with Crippen LogP contribution in [0, 0.1) is 6.92 Å². The molecule has 2 N–H and O–H groups in total. The number of anilines is 2. The highest BCUT2D eigenvalue weighted by molar-refractivity contribution is 7.19. The average molecular weight is 338 g/mol. The third-order valence-corrected chi connectivity index (χ3v) is 5.73. The van der Waals surface area contributed by atoms with Gasteiger partial charge in [0, 0.05) is 16.0 Å². The number of benzene rings is 1. The number of thiophene rings is 1. The van der Waals surface area contributed by atoms with Crippen LogP contribution in [0.1, 0.15) is 39.3 Å². The van der Waals surface area contributed by atoms with E-state index in [2.05, 4.69) is 10.3 Å². The maximum atomic E-state index is 11.9. The van der Waals surface area contributed by atoms with E-state index in [1.165, 1.54) is 16.9 Å². The molecule has 0 atom stereocenters. The SMILES string of the molecule is Cc1nc2sc3c(c2c(Nc2ccccc2)c1C(=O)O)CCCC3. The molecule has 1 aliphatic rings. The van der Waals surface area contributed by atoms with Crippen LogP contribution in [0.3, 0.4) is 0 Å². The number of rotatable bonds is 3. The fraction of sp³-hybridized carbons (Fsp3) is 0.263. The standard InChI is InChI=1S/C19H18N2O2S/c1-11-15(19(22)23)17(21-12-7-3-2-4-8-12)16-13-9-5-6-10-14(13)24-18(16)20-11/h2-4,7-8H,5-6,9-10H2,1H3,(H,20,21)(H,22,23). The van der Waals surface area contributed by atoms with E-state index in [0.29, 0.717) is 11.4 Å². The number of aromatic nitrogens is 1. The van der Waals surface area contributed by atoms with Crippen molar-refractivity contribution in [2.45, 2.75) is 32.6 Å². The molecule has 2 aromatic heterocycles. The fourth-order valence-corrected chi connectivity index (χ4v) is 4.77. The lowest BCUT2D eigenvalue weighted by Crippen LogP contribution is -2.08. The van der Waals surface area contributed by atoms with Crippen molar-refractivity contribution in [2.75, 3.05) is 5.32 Å². The lowest BCUT2D eigenvalue weighted by atomic mass is 9.95. The van der Waals surface area contributed by atoms with Crippen molar-refractivity contribution in [2.24, 2.45) is 0 Å². The van der Waals surface area contributed by atoms with Gasteiger partial charge in [0.15, 0.2) is 0 Å². The second-order valence-corrected chi connectivity index (χ2v) is 7.22. The van der Waals surface area contributed by atoms with Crippen LogP contribution in [0.2, 0.25) is 0 Å². The summed E-state index contributed by atoms with van der Waals surface area (Å²) in [6.45, 7) is 1.78. The lowest BCUT2D eigenvalue weighted by Gasteiger charge is -2.16. The van der Waals surface area contributed by atoms with Gasteiger partial charge in [-0.3, -0.25) is 0 Å². The fourth-order valence-electron chi connectivity index (χ4n) is 3.45. The second kappa shape index (κ2) is 5.91. The van der Waals surface area contributed by atoms with Crippen LogP contribution >= 0.6 is 11.3 Å². The number of hydrogen-bond acceptors (Lipinski definition) is 4. The molecule has 0 amide bonds. The molecule has 0 saturated carbocycles. The maximum Gasteiger partial charge on any atom is 0.339 e. The largest absolute Gasteiger partial charge is 0.478 e. The third-order valence-electron chi connectivity index (χ3n) is 4.54. The Balaban J connectivity index is 2.00. The molecule has 5 heteroatoms. The number of pyridine rings is 1. The number of carboxylic acids is 1. The summed E-state index contributed by atoms with van der Waals surface area (Å²) in [4.78, 5) is 18.8. The number of aromatic carboxylic acids is 1. The highest BCUT2D eigenvalue weighted by Crippen LogP contribution is 2.42. The van der Waals surface area contributed by atoms with Gasteiger partial charge in [0.05, 0.1) is 11.4 Å². The molecule has 0 radical (unpaired) electrons. The molecule has 4 nitrogen and oxygen atoms in total. The Morgan fingerprint density at radius 3 is 2.71 bits per heavy atom. The van der Waals surface area contributed by atoms with Crippen LogP contribution < -0.4 is 5.32 Å². The van der Waals surface area contributed by atoms with E-state index in [4.69, 9.17) is 0 Å². The summed E-state index contributed by atoms with van der Waals surface area (Å²) in [5.74, 6) is -0.934. The van der Waals surface area contributed by atoms with E-state index < -0.39 is 5.97 Å². The Hall–Kier alpha value is -2.40. The molecule has 1 aliphatic carbocycles. The van der Waals surface area contributed by atoms with Crippen molar-refractivity contribution in [3.05, 3.63) is 52.0 Å².